The van der Waals surface area contributed by atoms with Crippen molar-refractivity contribution in [1.29, 1.82) is 0 Å². The van der Waals surface area contributed by atoms with E-state index < -0.39 is 0 Å². The van der Waals surface area contributed by atoms with Gasteiger partial charge in [-0.15, -0.1) is 24.0 Å². The van der Waals surface area contributed by atoms with Crippen LogP contribution in [0.4, 0.5) is 0 Å². The van der Waals surface area contributed by atoms with Gasteiger partial charge in [0.15, 0.2) is 5.96 Å². The van der Waals surface area contributed by atoms with Crippen LogP contribution in [0.2, 0.25) is 0 Å². The van der Waals surface area contributed by atoms with Gasteiger partial charge in [-0.1, -0.05) is 43.7 Å². The quantitative estimate of drug-likeness (QED) is 0.362. The number of aliphatic imine (C=N–C) groups is 1. The monoisotopic (exact) mass is 474 g/mol. The molecule has 2 rings (SSSR count). The van der Waals surface area contributed by atoms with Crippen LogP contribution in [0.1, 0.15) is 37.4 Å². The molecular weight excluding hydrogens is 439 g/mol. The fourth-order valence-electron chi connectivity index (χ4n) is 3.03. The van der Waals surface area contributed by atoms with Crippen molar-refractivity contribution in [3.8, 4) is 0 Å². The van der Waals surface area contributed by atoms with Gasteiger partial charge in [0, 0.05) is 33.2 Å². The highest BCUT2D eigenvalue weighted by atomic mass is 127. The summed E-state index contributed by atoms with van der Waals surface area (Å²) in [5.41, 5.74) is 2.64. The van der Waals surface area contributed by atoms with E-state index in [0.29, 0.717) is 12.0 Å². The summed E-state index contributed by atoms with van der Waals surface area (Å²) in [7, 11) is 1.83. The lowest BCUT2D eigenvalue weighted by Gasteiger charge is -2.35. The molecule has 0 aromatic heterocycles. The number of nitrogens with one attached hydrogen (secondary N) is 2. The van der Waals surface area contributed by atoms with Crippen molar-refractivity contribution >= 4 is 29.9 Å². The number of guanidine groups is 1. The third kappa shape index (κ3) is 7.80. The number of rotatable bonds is 7. The topological polar surface area (TPSA) is 48.9 Å². The number of hydrogen-bond donors (Lipinski definition) is 2. The predicted molar refractivity (Wildman–Crippen MR) is 121 cm³/mol. The Labute approximate surface area is 176 Å². The molecule has 6 heteroatoms. The Morgan fingerprint density at radius 2 is 1.81 bits per heavy atom. The zero-order valence-corrected chi connectivity index (χ0v) is 19.0. The van der Waals surface area contributed by atoms with Crippen LogP contribution < -0.4 is 10.6 Å². The van der Waals surface area contributed by atoms with E-state index in [1.807, 2.05) is 7.05 Å². The van der Waals surface area contributed by atoms with Gasteiger partial charge < -0.3 is 15.4 Å². The lowest BCUT2D eigenvalue weighted by atomic mass is 10.0. The van der Waals surface area contributed by atoms with E-state index in [2.05, 4.69) is 65.6 Å². The molecule has 0 spiro atoms. The van der Waals surface area contributed by atoms with Crippen LogP contribution >= 0.6 is 24.0 Å². The second-order valence-corrected chi connectivity index (χ2v) is 7.14. The highest BCUT2D eigenvalue weighted by Gasteiger charge is 2.22. The van der Waals surface area contributed by atoms with Crippen molar-refractivity contribution in [2.24, 2.45) is 10.9 Å². The lowest BCUT2D eigenvalue weighted by molar-refractivity contribution is 0.0170. The molecule has 5 nitrogen and oxygen atoms in total. The van der Waals surface area contributed by atoms with Gasteiger partial charge in [0.05, 0.1) is 19.3 Å². The Hall–Kier alpha value is -0.860. The number of halogens is 1. The summed E-state index contributed by atoms with van der Waals surface area (Å²) < 4.78 is 5.53. The first kappa shape index (κ1) is 23.2. The first-order valence-electron chi connectivity index (χ1n) is 9.43. The summed E-state index contributed by atoms with van der Waals surface area (Å²) in [5, 5.41) is 6.93. The summed E-state index contributed by atoms with van der Waals surface area (Å²) in [6.07, 6.45) is 1.14. The largest absolute Gasteiger partial charge is 0.379 e. The molecule has 1 aromatic rings. The van der Waals surface area contributed by atoms with Crippen LogP contribution in [0.15, 0.2) is 29.3 Å². The Morgan fingerprint density at radius 3 is 2.38 bits per heavy atom. The van der Waals surface area contributed by atoms with E-state index in [1.165, 1.54) is 11.1 Å². The highest BCUT2D eigenvalue weighted by Crippen LogP contribution is 2.21. The van der Waals surface area contributed by atoms with Crippen LogP contribution in [0.5, 0.6) is 0 Å². The molecule has 1 saturated heterocycles. The van der Waals surface area contributed by atoms with Gasteiger partial charge in [0.25, 0.3) is 0 Å². The number of benzene rings is 1. The van der Waals surface area contributed by atoms with Crippen molar-refractivity contribution < 1.29 is 4.74 Å². The molecule has 1 unspecified atom stereocenters. The molecule has 0 radical (unpaired) electrons. The molecular formula is C20H35IN4O. The SMILES string of the molecule is CN=C(NCCC(C)C)NCC(c1ccc(C)cc1)N1CCOCC1.I. The lowest BCUT2D eigenvalue weighted by Crippen LogP contribution is -2.46. The molecule has 0 bridgehead atoms. The van der Waals surface area contributed by atoms with Crippen molar-refractivity contribution in [3.05, 3.63) is 35.4 Å². The number of aryl methyl sites for hydroxylation is 1. The maximum atomic E-state index is 5.53. The summed E-state index contributed by atoms with van der Waals surface area (Å²) in [6.45, 7) is 12.0. The average molecular weight is 474 g/mol. The van der Waals surface area contributed by atoms with Gasteiger partial charge in [-0.3, -0.25) is 9.89 Å². The van der Waals surface area contributed by atoms with Gasteiger partial charge in [-0.2, -0.15) is 0 Å². The molecule has 2 N–H and O–H groups in total. The maximum absolute atomic E-state index is 5.53. The van der Waals surface area contributed by atoms with Crippen molar-refractivity contribution in [3.63, 3.8) is 0 Å². The van der Waals surface area contributed by atoms with Gasteiger partial charge in [-0.25, -0.2) is 0 Å². The highest BCUT2D eigenvalue weighted by molar-refractivity contribution is 14.0. The van der Waals surface area contributed by atoms with Crippen LogP contribution in [-0.4, -0.2) is 57.3 Å². The number of hydrogen-bond acceptors (Lipinski definition) is 3. The van der Waals surface area contributed by atoms with E-state index in [0.717, 1.165) is 51.8 Å². The third-order valence-electron chi connectivity index (χ3n) is 4.65. The van der Waals surface area contributed by atoms with Crippen molar-refractivity contribution in [1.82, 2.24) is 15.5 Å². The molecule has 0 amide bonds. The molecule has 0 aliphatic carbocycles. The predicted octanol–water partition coefficient (Wildman–Crippen LogP) is 3.20. The summed E-state index contributed by atoms with van der Waals surface area (Å²) in [5.74, 6) is 1.57. The minimum Gasteiger partial charge on any atom is -0.379 e. The molecule has 148 valence electrons. The zero-order chi connectivity index (χ0) is 18.1. The van der Waals surface area contributed by atoms with Gasteiger partial charge in [-0.05, 0) is 24.8 Å². The van der Waals surface area contributed by atoms with E-state index in [9.17, 15) is 0 Å². The smallest absolute Gasteiger partial charge is 0.191 e. The second-order valence-electron chi connectivity index (χ2n) is 7.14. The molecule has 1 fully saturated rings. The van der Waals surface area contributed by atoms with Gasteiger partial charge in [0.2, 0.25) is 0 Å². The van der Waals surface area contributed by atoms with Crippen LogP contribution in [0, 0.1) is 12.8 Å². The first-order chi connectivity index (χ1) is 12.1. The van der Waals surface area contributed by atoms with Gasteiger partial charge >= 0.3 is 0 Å². The average Bonchev–Trinajstić information content (AvgIpc) is 2.62. The molecule has 1 atom stereocenters. The Balaban J connectivity index is 0.00000338. The van der Waals surface area contributed by atoms with Crippen LogP contribution in [0.3, 0.4) is 0 Å². The molecule has 26 heavy (non-hydrogen) atoms. The summed E-state index contributed by atoms with van der Waals surface area (Å²) in [4.78, 5) is 6.86. The Kier molecular flexibility index (Phi) is 11.2. The van der Waals surface area contributed by atoms with Crippen LogP contribution in [0.25, 0.3) is 0 Å². The summed E-state index contributed by atoms with van der Waals surface area (Å²) in [6, 6.07) is 9.20. The standard InChI is InChI=1S/C20H34N4O.HI/c1-16(2)9-10-22-20(21-4)23-15-19(24-11-13-25-14-12-24)18-7-5-17(3)6-8-18;/h5-8,16,19H,9-15H2,1-4H3,(H2,21,22,23);1H. The first-order valence-corrected chi connectivity index (χ1v) is 9.43. The normalized spacial score (nSPS) is 16.9. The fourth-order valence-corrected chi connectivity index (χ4v) is 3.03. The molecule has 1 aliphatic heterocycles. The van der Waals surface area contributed by atoms with Crippen molar-refractivity contribution in [2.45, 2.75) is 33.2 Å². The molecule has 0 saturated carbocycles. The fraction of sp³-hybridized carbons (Fsp3) is 0.650. The number of nitrogens with zero attached hydrogens (tertiary/aromatic N) is 2. The minimum atomic E-state index is 0. The summed E-state index contributed by atoms with van der Waals surface area (Å²) >= 11 is 0. The van der Waals surface area contributed by atoms with E-state index >= 15 is 0 Å². The third-order valence-corrected chi connectivity index (χ3v) is 4.65. The second kappa shape index (κ2) is 12.5. The molecule has 1 heterocycles. The molecule has 1 aromatic carbocycles. The van der Waals surface area contributed by atoms with E-state index in [-0.39, 0.29) is 24.0 Å². The number of ether oxygens (including phenoxy) is 1. The zero-order valence-electron chi connectivity index (χ0n) is 16.6. The van der Waals surface area contributed by atoms with Crippen LogP contribution in [-0.2, 0) is 4.74 Å². The molecule has 1 aliphatic rings. The van der Waals surface area contributed by atoms with Crippen molar-refractivity contribution in [2.75, 3.05) is 46.4 Å². The van der Waals surface area contributed by atoms with E-state index in [4.69, 9.17) is 4.74 Å². The Morgan fingerprint density at radius 1 is 1.15 bits per heavy atom. The van der Waals surface area contributed by atoms with Gasteiger partial charge in [0.1, 0.15) is 0 Å². The number of morpholine rings is 1. The Bertz CT molecular complexity index is 527. The van der Waals surface area contributed by atoms with E-state index in [1.54, 1.807) is 0 Å². The maximum Gasteiger partial charge on any atom is 0.191 e. The minimum absolute atomic E-state index is 0.